The Morgan fingerprint density at radius 1 is 0.881 bits per heavy atom. The molecule has 234 valence electrons. The zero-order chi connectivity index (χ0) is 30.1. The topological polar surface area (TPSA) is 22.1 Å². The van der Waals surface area contributed by atoms with Gasteiger partial charge in [0.05, 0.1) is 17.9 Å². The van der Waals surface area contributed by atoms with Crippen molar-refractivity contribution in [3.63, 3.8) is 0 Å². The van der Waals surface area contributed by atoms with E-state index >= 15 is 17.6 Å². The van der Waals surface area contributed by atoms with Gasteiger partial charge in [-0.15, -0.1) is 0 Å². The second-order valence-electron chi connectivity index (χ2n) is 12.5. The van der Waals surface area contributed by atoms with Crippen molar-refractivity contribution in [3.8, 4) is 17.0 Å². The largest absolute Gasteiger partial charge is 0.489 e. The van der Waals surface area contributed by atoms with Crippen LogP contribution in [0.2, 0.25) is 0 Å². The summed E-state index contributed by atoms with van der Waals surface area (Å²) in [6, 6.07) is 3.93. The summed E-state index contributed by atoms with van der Waals surface area (Å²) in [5.41, 5.74) is -1.22. The minimum Gasteiger partial charge on any atom is -0.489 e. The average Bonchev–Trinajstić information content (AvgIpc) is 3.81. The summed E-state index contributed by atoms with van der Waals surface area (Å²) in [7, 11) is 0. The highest BCUT2D eigenvalue weighted by molar-refractivity contribution is 5.63. The third-order valence-electron chi connectivity index (χ3n) is 9.43. The van der Waals surface area contributed by atoms with Crippen molar-refractivity contribution in [1.82, 2.24) is 4.98 Å². The summed E-state index contributed by atoms with van der Waals surface area (Å²) in [5, 5.41) is 0. The van der Waals surface area contributed by atoms with Crippen LogP contribution in [-0.4, -0.2) is 11.6 Å². The smallest absolute Gasteiger partial charge is 0.279 e. The molecule has 0 N–H and O–H groups in total. The maximum Gasteiger partial charge on any atom is 0.279 e. The van der Waals surface area contributed by atoms with Crippen LogP contribution >= 0.6 is 0 Å². The van der Waals surface area contributed by atoms with Gasteiger partial charge in [-0.3, -0.25) is 0 Å². The molecule has 0 spiro atoms. The van der Waals surface area contributed by atoms with E-state index in [-0.39, 0.29) is 41.8 Å². The predicted octanol–water partition coefficient (Wildman–Crippen LogP) is 11.3. The number of alkyl halides is 2. The summed E-state index contributed by atoms with van der Waals surface area (Å²) < 4.78 is 81.6. The molecule has 0 saturated heterocycles. The number of fused-ring (bicyclic) bond motifs is 1. The van der Waals surface area contributed by atoms with Crippen molar-refractivity contribution in [1.29, 1.82) is 0 Å². The number of benzene rings is 1. The number of rotatable bonds is 18. The Labute approximate surface area is 248 Å². The number of unbranched alkanes of at least 4 members (excludes halogenated alkanes) is 8. The molecule has 1 heterocycles. The van der Waals surface area contributed by atoms with Gasteiger partial charge in [-0.05, 0) is 74.1 Å². The average molecular weight is 594 g/mol. The van der Waals surface area contributed by atoms with E-state index in [1.165, 1.54) is 50.3 Å². The first-order valence-corrected chi connectivity index (χ1v) is 16.5. The summed E-state index contributed by atoms with van der Waals surface area (Å²) in [5.74, 6) is -6.69. The third-order valence-corrected chi connectivity index (χ3v) is 9.43. The van der Waals surface area contributed by atoms with Crippen LogP contribution in [0.15, 0.2) is 18.2 Å². The van der Waals surface area contributed by atoms with Gasteiger partial charge in [0.2, 0.25) is 0 Å². The molecule has 1 aromatic heterocycles. The monoisotopic (exact) mass is 593 g/mol. The molecule has 0 aliphatic heterocycles. The molecule has 0 radical (unpaired) electrons. The first kappa shape index (κ1) is 32.7. The van der Waals surface area contributed by atoms with E-state index in [1.54, 1.807) is 0 Å². The molecular formula is C35H48F5NO. The van der Waals surface area contributed by atoms with Crippen LogP contribution in [0.1, 0.15) is 128 Å². The molecule has 2 unspecified atom stereocenters. The van der Waals surface area contributed by atoms with Gasteiger partial charge in [0.15, 0.2) is 17.4 Å². The zero-order valence-electron chi connectivity index (χ0n) is 25.4. The summed E-state index contributed by atoms with van der Waals surface area (Å²) in [6.07, 6.45) is 15.9. The number of halogens is 5. The molecule has 2 aromatic rings. The number of pyridine rings is 1. The first-order valence-electron chi connectivity index (χ1n) is 16.5. The fourth-order valence-electron chi connectivity index (χ4n) is 6.70. The Bertz CT molecular complexity index is 1150. The lowest BCUT2D eigenvalue weighted by molar-refractivity contribution is -0.0823. The summed E-state index contributed by atoms with van der Waals surface area (Å²) in [6.45, 7) is 4.74. The Hall–Kier alpha value is -2.18. The van der Waals surface area contributed by atoms with Gasteiger partial charge in [-0.2, -0.15) is 4.39 Å². The molecule has 2 atom stereocenters. The fourth-order valence-corrected chi connectivity index (χ4v) is 6.70. The van der Waals surface area contributed by atoms with Gasteiger partial charge in [0.1, 0.15) is 0 Å². The van der Waals surface area contributed by atoms with Crippen LogP contribution in [0.5, 0.6) is 5.75 Å². The van der Waals surface area contributed by atoms with Gasteiger partial charge in [-0.1, -0.05) is 84.5 Å². The quantitative estimate of drug-likeness (QED) is 0.0974. The highest BCUT2D eigenvalue weighted by Crippen LogP contribution is 2.49. The molecule has 2 nitrogen and oxygen atoms in total. The first-order chi connectivity index (χ1) is 20.3. The van der Waals surface area contributed by atoms with Gasteiger partial charge in [-0.25, -0.2) is 22.5 Å². The summed E-state index contributed by atoms with van der Waals surface area (Å²) in [4.78, 5) is 3.81. The van der Waals surface area contributed by atoms with E-state index < -0.39 is 35.0 Å². The van der Waals surface area contributed by atoms with E-state index in [1.807, 2.05) is 0 Å². The molecule has 1 saturated carbocycles. The van der Waals surface area contributed by atoms with Gasteiger partial charge in [0, 0.05) is 11.5 Å². The van der Waals surface area contributed by atoms with Crippen LogP contribution in [0.3, 0.4) is 0 Å². The molecule has 7 heteroatoms. The highest BCUT2D eigenvalue weighted by atomic mass is 19.3. The van der Waals surface area contributed by atoms with Crippen LogP contribution in [-0.2, 0) is 12.3 Å². The van der Waals surface area contributed by atoms with Crippen LogP contribution in [0.4, 0.5) is 22.0 Å². The maximum atomic E-state index is 15.4. The molecule has 2 aliphatic rings. The van der Waals surface area contributed by atoms with Crippen molar-refractivity contribution in [2.24, 2.45) is 17.8 Å². The van der Waals surface area contributed by atoms with E-state index in [2.05, 4.69) is 18.8 Å². The molecule has 4 rings (SSSR count). The lowest BCUT2D eigenvalue weighted by atomic mass is 9.77. The Morgan fingerprint density at radius 2 is 1.60 bits per heavy atom. The minimum absolute atomic E-state index is 0.0539. The molecule has 0 amide bonds. The molecule has 0 bridgehead atoms. The highest BCUT2D eigenvalue weighted by Gasteiger charge is 2.48. The van der Waals surface area contributed by atoms with Crippen molar-refractivity contribution >= 4 is 0 Å². The number of hydrogen-bond acceptors (Lipinski definition) is 2. The Kier molecular flexibility index (Phi) is 12.1. The number of aromatic nitrogens is 1. The molecule has 2 aliphatic carbocycles. The normalized spacial score (nSPS) is 18.6. The van der Waals surface area contributed by atoms with Crippen molar-refractivity contribution < 1.29 is 26.7 Å². The van der Waals surface area contributed by atoms with E-state index in [0.717, 1.165) is 63.2 Å². The fraction of sp³-hybridized carbons (Fsp3) is 0.686. The van der Waals surface area contributed by atoms with Crippen LogP contribution in [0.25, 0.3) is 11.3 Å². The lowest BCUT2D eigenvalue weighted by Gasteiger charge is -2.34. The van der Waals surface area contributed by atoms with Gasteiger partial charge < -0.3 is 4.74 Å². The summed E-state index contributed by atoms with van der Waals surface area (Å²) >= 11 is 0. The number of hydrogen-bond donors (Lipinski definition) is 0. The minimum atomic E-state index is -3.45. The second kappa shape index (κ2) is 15.5. The SMILES string of the molecule is CCCCCCCCCC1CCc2cc(-c3ccc(OCCCCCC(CC)C4CC4)c(F)n3)c(F)c(F)c2C1(F)F. The van der Waals surface area contributed by atoms with Crippen molar-refractivity contribution in [2.45, 2.75) is 129 Å². The van der Waals surface area contributed by atoms with E-state index in [9.17, 15) is 4.39 Å². The Morgan fingerprint density at radius 3 is 2.29 bits per heavy atom. The number of ether oxygens (including phenoxy) is 1. The maximum absolute atomic E-state index is 15.4. The van der Waals surface area contributed by atoms with Crippen molar-refractivity contribution in [2.75, 3.05) is 6.61 Å². The molecule has 1 aromatic carbocycles. The Balaban J connectivity index is 1.33. The van der Waals surface area contributed by atoms with Crippen LogP contribution in [0, 0.1) is 35.3 Å². The molecule has 1 fully saturated rings. The molecule has 42 heavy (non-hydrogen) atoms. The third kappa shape index (κ3) is 8.25. The second-order valence-corrected chi connectivity index (χ2v) is 12.5. The van der Waals surface area contributed by atoms with Crippen LogP contribution < -0.4 is 4.74 Å². The van der Waals surface area contributed by atoms with E-state index in [4.69, 9.17) is 4.74 Å². The predicted molar refractivity (Wildman–Crippen MR) is 158 cm³/mol. The van der Waals surface area contributed by atoms with E-state index in [0.29, 0.717) is 13.0 Å². The number of nitrogens with zero attached hydrogens (tertiary/aromatic N) is 1. The lowest BCUT2D eigenvalue weighted by Crippen LogP contribution is -2.33. The van der Waals surface area contributed by atoms with Gasteiger partial charge >= 0.3 is 0 Å². The number of aryl methyl sites for hydroxylation is 1. The van der Waals surface area contributed by atoms with Gasteiger partial charge in [0.25, 0.3) is 11.9 Å². The standard InChI is InChI=1S/C35H48F5NO/c1-3-5-6-7-8-9-12-15-27-19-18-26-23-28(32(36)33(37)31(26)35(27,39)40)29-20-21-30(34(38)41-29)42-22-13-10-11-14-24(4-2)25-16-17-25/h20-21,23-25,27H,3-19,22H2,1-2H3. The zero-order valence-corrected chi connectivity index (χ0v) is 25.4. The molecular weight excluding hydrogens is 545 g/mol. The van der Waals surface area contributed by atoms with Crippen molar-refractivity contribution in [3.05, 3.63) is 46.9 Å².